The second kappa shape index (κ2) is 4.96. The van der Waals surface area contributed by atoms with Crippen LogP contribution in [0.4, 0.5) is 0 Å². The molecule has 0 saturated carbocycles. The molecule has 0 aliphatic carbocycles. The zero-order chi connectivity index (χ0) is 12.2. The summed E-state index contributed by atoms with van der Waals surface area (Å²) in [6, 6.07) is 0. The molecule has 0 aliphatic rings. The van der Waals surface area contributed by atoms with E-state index in [2.05, 4.69) is 6.58 Å². The van der Waals surface area contributed by atoms with Crippen LogP contribution in [0.3, 0.4) is 0 Å². The van der Waals surface area contributed by atoms with Gasteiger partial charge in [0, 0.05) is 13.1 Å². The first-order valence-corrected chi connectivity index (χ1v) is 4.90. The zero-order valence-electron chi connectivity index (χ0n) is 9.83. The predicted molar refractivity (Wildman–Crippen MR) is 58.5 cm³/mol. The van der Waals surface area contributed by atoms with E-state index >= 15 is 0 Å². The lowest BCUT2D eigenvalue weighted by atomic mass is 9.91. The van der Waals surface area contributed by atoms with Crippen molar-refractivity contribution in [3.63, 3.8) is 0 Å². The first-order chi connectivity index (χ1) is 6.73. The highest BCUT2D eigenvalue weighted by atomic mass is 16.4. The van der Waals surface area contributed by atoms with Gasteiger partial charge in [-0.2, -0.15) is 0 Å². The number of carboxylic acid groups (broad SMARTS) is 1. The normalized spacial score (nSPS) is 10.9. The summed E-state index contributed by atoms with van der Waals surface area (Å²) in [5.41, 5.74) is -0.530. The number of hydrogen-bond acceptors (Lipinski definition) is 2. The Morgan fingerprint density at radius 3 is 2.13 bits per heavy atom. The summed E-state index contributed by atoms with van der Waals surface area (Å²) >= 11 is 0. The summed E-state index contributed by atoms with van der Waals surface area (Å²) < 4.78 is 0. The fraction of sp³-hybridized carbons (Fsp3) is 0.636. The third-order valence-electron chi connectivity index (χ3n) is 2.20. The third kappa shape index (κ3) is 3.38. The molecule has 0 aromatic rings. The van der Waals surface area contributed by atoms with Gasteiger partial charge in [-0.05, 0) is 27.7 Å². The summed E-state index contributed by atoms with van der Waals surface area (Å²) in [6.45, 7) is 11.1. The largest absolute Gasteiger partial charge is 0.480 e. The van der Waals surface area contributed by atoms with Crippen LogP contribution in [0.2, 0.25) is 0 Å². The lowest BCUT2D eigenvalue weighted by molar-refractivity contribution is -0.157. The van der Waals surface area contributed by atoms with Gasteiger partial charge in [-0.3, -0.25) is 9.59 Å². The second-order valence-corrected chi connectivity index (χ2v) is 4.21. The van der Waals surface area contributed by atoms with Crippen molar-refractivity contribution in [1.29, 1.82) is 0 Å². The Balaban J connectivity index is 4.80. The van der Waals surface area contributed by atoms with E-state index in [1.54, 1.807) is 0 Å². The van der Waals surface area contributed by atoms with Crippen molar-refractivity contribution in [2.45, 2.75) is 27.7 Å². The van der Waals surface area contributed by atoms with Gasteiger partial charge in [0.15, 0.2) is 0 Å². The summed E-state index contributed by atoms with van der Waals surface area (Å²) in [6.07, 6.45) is 0. The average Bonchev–Trinajstić information content (AvgIpc) is 2.12. The maximum atomic E-state index is 11.9. The summed E-state index contributed by atoms with van der Waals surface area (Å²) in [7, 11) is 0. The number of amides is 1. The predicted octanol–water partition coefficient (Wildman–Crippen LogP) is 1.52. The topological polar surface area (TPSA) is 57.6 Å². The molecule has 0 spiro atoms. The van der Waals surface area contributed by atoms with E-state index < -0.39 is 11.4 Å². The molecule has 0 bridgehead atoms. The molecule has 0 rings (SSSR count). The van der Waals surface area contributed by atoms with Gasteiger partial charge < -0.3 is 10.0 Å². The molecule has 4 nitrogen and oxygen atoms in total. The van der Waals surface area contributed by atoms with Crippen LogP contribution in [-0.2, 0) is 9.59 Å². The zero-order valence-corrected chi connectivity index (χ0v) is 9.83. The van der Waals surface area contributed by atoms with E-state index in [4.69, 9.17) is 5.11 Å². The van der Waals surface area contributed by atoms with Gasteiger partial charge in [-0.15, -0.1) is 0 Å². The van der Waals surface area contributed by atoms with Gasteiger partial charge in [0.25, 0.3) is 0 Å². The second-order valence-electron chi connectivity index (χ2n) is 4.21. The van der Waals surface area contributed by atoms with Crippen molar-refractivity contribution in [3.05, 3.63) is 12.2 Å². The van der Waals surface area contributed by atoms with E-state index in [-0.39, 0.29) is 5.91 Å². The Labute approximate surface area is 90.6 Å². The molecular formula is C11H19NO3. The van der Waals surface area contributed by atoms with Crippen molar-refractivity contribution in [2.24, 2.45) is 5.41 Å². The molecule has 1 amide bonds. The van der Waals surface area contributed by atoms with Crippen LogP contribution in [0.1, 0.15) is 27.7 Å². The Bertz CT molecular complexity index is 282. The molecule has 0 saturated heterocycles. The molecule has 0 radical (unpaired) electrons. The van der Waals surface area contributed by atoms with E-state index in [9.17, 15) is 9.59 Å². The van der Waals surface area contributed by atoms with Gasteiger partial charge in [0.1, 0.15) is 5.41 Å². The molecule has 0 fully saturated rings. The lowest BCUT2D eigenvalue weighted by Gasteiger charge is -2.28. The van der Waals surface area contributed by atoms with E-state index in [1.165, 1.54) is 18.7 Å². The van der Waals surface area contributed by atoms with Crippen LogP contribution >= 0.6 is 0 Å². The number of carboxylic acids is 1. The monoisotopic (exact) mass is 213 g/mol. The van der Waals surface area contributed by atoms with Crippen molar-refractivity contribution >= 4 is 11.9 Å². The van der Waals surface area contributed by atoms with Crippen LogP contribution in [-0.4, -0.2) is 35.0 Å². The number of aliphatic carboxylic acids is 1. The van der Waals surface area contributed by atoms with Crippen molar-refractivity contribution < 1.29 is 14.7 Å². The smallest absolute Gasteiger partial charge is 0.318 e. The van der Waals surface area contributed by atoms with Crippen molar-refractivity contribution in [1.82, 2.24) is 4.90 Å². The minimum atomic E-state index is -1.37. The van der Waals surface area contributed by atoms with Crippen LogP contribution in [0.15, 0.2) is 12.2 Å². The molecule has 0 aliphatic heterocycles. The maximum absolute atomic E-state index is 11.9. The highest BCUT2D eigenvalue weighted by Crippen LogP contribution is 2.19. The molecule has 1 N–H and O–H groups in total. The summed E-state index contributed by atoms with van der Waals surface area (Å²) in [4.78, 5) is 24.3. The minimum absolute atomic E-state index is 0.375. The van der Waals surface area contributed by atoms with Gasteiger partial charge >= 0.3 is 5.97 Å². The third-order valence-corrected chi connectivity index (χ3v) is 2.20. The fourth-order valence-electron chi connectivity index (χ4n) is 1.14. The van der Waals surface area contributed by atoms with Gasteiger partial charge in [0.05, 0.1) is 0 Å². The highest BCUT2D eigenvalue weighted by molar-refractivity contribution is 6.01. The van der Waals surface area contributed by atoms with Crippen molar-refractivity contribution in [2.75, 3.05) is 13.1 Å². The van der Waals surface area contributed by atoms with Crippen LogP contribution in [0.5, 0.6) is 0 Å². The average molecular weight is 213 g/mol. The molecule has 0 heterocycles. The van der Waals surface area contributed by atoms with E-state index in [1.807, 2.05) is 13.8 Å². The van der Waals surface area contributed by atoms with Crippen LogP contribution < -0.4 is 0 Å². The Hall–Kier alpha value is -1.32. The Morgan fingerprint density at radius 2 is 1.87 bits per heavy atom. The van der Waals surface area contributed by atoms with E-state index in [0.29, 0.717) is 13.1 Å². The summed E-state index contributed by atoms with van der Waals surface area (Å²) in [5.74, 6) is -1.48. The molecule has 0 atom stereocenters. The first kappa shape index (κ1) is 13.7. The van der Waals surface area contributed by atoms with Crippen LogP contribution in [0, 0.1) is 5.41 Å². The fourth-order valence-corrected chi connectivity index (χ4v) is 1.14. The maximum Gasteiger partial charge on any atom is 0.318 e. The van der Waals surface area contributed by atoms with E-state index in [0.717, 1.165) is 5.57 Å². The highest BCUT2D eigenvalue weighted by Gasteiger charge is 2.38. The molecule has 86 valence electrons. The molecular weight excluding hydrogens is 194 g/mol. The molecule has 0 aromatic carbocycles. The van der Waals surface area contributed by atoms with Crippen molar-refractivity contribution in [3.8, 4) is 0 Å². The SMILES string of the molecule is C=C(C)CN(CC)C(=O)C(C)(C)C(=O)O. The number of nitrogens with zero attached hydrogens (tertiary/aromatic N) is 1. The quantitative estimate of drug-likeness (QED) is 0.556. The minimum Gasteiger partial charge on any atom is -0.480 e. The van der Waals surface area contributed by atoms with Gasteiger partial charge in [-0.25, -0.2) is 0 Å². The first-order valence-electron chi connectivity index (χ1n) is 4.90. The standard InChI is InChI=1S/C11H19NO3/c1-6-12(7-8(2)3)9(13)11(4,5)10(14)15/h2,6-7H2,1,3-5H3,(H,14,15). The Kier molecular flexibility index (Phi) is 4.52. The Morgan fingerprint density at radius 1 is 1.40 bits per heavy atom. The lowest BCUT2D eigenvalue weighted by Crippen LogP contribution is -2.45. The molecule has 15 heavy (non-hydrogen) atoms. The molecule has 0 aromatic heterocycles. The summed E-state index contributed by atoms with van der Waals surface area (Å²) in [5, 5.41) is 8.92. The van der Waals surface area contributed by atoms with Crippen LogP contribution in [0.25, 0.3) is 0 Å². The number of carbonyl (C=O) groups is 2. The number of likely N-dealkylation sites (N-methyl/N-ethyl adjacent to an activating group) is 1. The number of rotatable bonds is 5. The number of hydrogen-bond donors (Lipinski definition) is 1. The molecule has 0 unspecified atom stereocenters. The van der Waals surface area contributed by atoms with Gasteiger partial charge in [0.2, 0.25) is 5.91 Å². The number of carbonyl (C=O) groups excluding carboxylic acids is 1. The van der Waals surface area contributed by atoms with Gasteiger partial charge in [-0.1, -0.05) is 12.2 Å². The molecule has 4 heteroatoms.